The quantitative estimate of drug-likeness (QED) is 0.928. The van der Waals surface area contributed by atoms with Crippen LogP contribution in [0.25, 0.3) is 11.4 Å². The third kappa shape index (κ3) is 2.54. The van der Waals surface area contributed by atoms with Crippen LogP contribution in [0, 0.1) is 6.92 Å². The SMILES string of the molecule is Cc1ncc(-c2cc(C(F)F)nc(N)n2)n1C(C)C. The number of aryl methyl sites for hydroxylation is 1. The summed E-state index contributed by atoms with van der Waals surface area (Å²) in [5, 5.41) is 0. The lowest BCUT2D eigenvalue weighted by Gasteiger charge is -2.14. The number of hydrogen-bond acceptors (Lipinski definition) is 4. The first-order valence-electron chi connectivity index (χ1n) is 5.87. The largest absolute Gasteiger partial charge is 0.368 e. The molecule has 0 spiro atoms. The summed E-state index contributed by atoms with van der Waals surface area (Å²) >= 11 is 0. The van der Waals surface area contributed by atoms with Gasteiger partial charge in [0.05, 0.1) is 17.6 Å². The number of imidazole rings is 1. The molecule has 2 aromatic rings. The smallest absolute Gasteiger partial charge is 0.280 e. The lowest BCUT2D eigenvalue weighted by molar-refractivity contribution is 0.146. The highest BCUT2D eigenvalue weighted by molar-refractivity contribution is 5.56. The fourth-order valence-electron chi connectivity index (χ4n) is 2.02. The van der Waals surface area contributed by atoms with Crippen molar-refractivity contribution in [2.24, 2.45) is 0 Å². The van der Waals surface area contributed by atoms with E-state index in [1.54, 1.807) is 6.20 Å². The molecule has 5 nitrogen and oxygen atoms in total. The van der Waals surface area contributed by atoms with Crippen molar-refractivity contribution in [3.8, 4) is 11.4 Å². The Kier molecular flexibility index (Phi) is 3.46. The average Bonchev–Trinajstić information content (AvgIpc) is 2.70. The molecule has 2 N–H and O–H groups in total. The minimum Gasteiger partial charge on any atom is -0.368 e. The van der Waals surface area contributed by atoms with Crippen LogP contribution in [0.5, 0.6) is 0 Å². The topological polar surface area (TPSA) is 69.6 Å². The molecule has 2 aromatic heterocycles. The van der Waals surface area contributed by atoms with Gasteiger partial charge < -0.3 is 10.3 Å². The van der Waals surface area contributed by atoms with Crippen molar-refractivity contribution in [2.45, 2.75) is 33.2 Å². The van der Waals surface area contributed by atoms with E-state index in [1.807, 2.05) is 25.3 Å². The Morgan fingerprint density at radius 2 is 1.95 bits per heavy atom. The third-order valence-electron chi connectivity index (χ3n) is 2.75. The van der Waals surface area contributed by atoms with Crippen molar-refractivity contribution in [3.63, 3.8) is 0 Å². The second-order valence-electron chi connectivity index (χ2n) is 4.49. The van der Waals surface area contributed by atoms with E-state index in [9.17, 15) is 8.78 Å². The molecular formula is C12H15F2N5. The number of halogens is 2. The van der Waals surface area contributed by atoms with E-state index in [0.717, 1.165) is 5.82 Å². The molecule has 0 aromatic carbocycles. The molecule has 0 bridgehead atoms. The fourth-order valence-corrected chi connectivity index (χ4v) is 2.02. The van der Waals surface area contributed by atoms with E-state index in [0.29, 0.717) is 11.4 Å². The van der Waals surface area contributed by atoms with Crippen LogP contribution in [0.2, 0.25) is 0 Å². The lowest BCUT2D eigenvalue weighted by atomic mass is 10.2. The van der Waals surface area contributed by atoms with Gasteiger partial charge in [0.15, 0.2) is 0 Å². The Bertz CT molecular complexity index is 592. The van der Waals surface area contributed by atoms with Crippen LogP contribution in [0.15, 0.2) is 12.3 Å². The number of nitrogens with zero attached hydrogens (tertiary/aromatic N) is 4. The van der Waals surface area contributed by atoms with Crippen LogP contribution in [-0.2, 0) is 0 Å². The van der Waals surface area contributed by atoms with Crippen LogP contribution in [-0.4, -0.2) is 19.5 Å². The monoisotopic (exact) mass is 267 g/mol. The van der Waals surface area contributed by atoms with Crippen molar-refractivity contribution in [1.29, 1.82) is 0 Å². The number of nitrogens with two attached hydrogens (primary N) is 1. The summed E-state index contributed by atoms with van der Waals surface area (Å²) in [6.07, 6.45) is -1.08. The number of hydrogen-bond donors (Lipinski definition) is 1. The molecule has 0 saturated carbocycles. The van der Waals surface area contributed by atoms with E-state index in [-0.39, 0.29) is 17.7 Å². The molecule has 0 aliphatic carbocycles. The number of anilines is 1. The molecular weight excluding hydrogens is 252 g/mol. The van der Waals surface area contributed by atoms with Crippen molar-refractivity contribution < 1.29 is 8.78 Å². The molecule has 0 radical (unpaired) electrons. The van der Waals surface area contributed by atoms with Crippen LogP contribution in [0.4, 0.5) is 14.7 Å². The van der Waals surface area contributed by atoms with Crippen LogP contribution >= 0.6 is 0 Å². The highest BCUT2D eigenvalue weighted by Gasteiger charge is 2.17. The van der Waals surface area contributed by atoms with Gasteiger partial charge in [-0.2, -0.15) is 0 Å². The zero-order valence-electron chi connectivity index (χ0n) is 10.9. The summed E-state index contributed by atoms with van der Waals surface area (Å²) in [5.74, 6) is 0.628. The lowest BCUT2D eigenvalue weighted by Crippen LogP contribution is -2.07. The predicted molar refractivity (Wildman–Crippen MR) is 67.7 cm³/mol. The summed E-state index contributed by atoms with van der Waals surface area (Å²) < 4.78 is 27.4. The second kappa shape index (κ2) is 4.91. The predicted octanol–water partition coefficient (Wildman–Crippen LogP) is 2.75. The van der Waals surface area contributed by atoms with Crippen LogP contribution in [0.1, 0.15) is 37.8 Å². The zero-order valence-corrected chi connectivity index (χ0v) is 10.9. The van der Waals surface area contributed by atoms with Gasteiger partial charge in [0, 0.05) is 6.04 Å². The standard InChI is InChI=1S/C12H15F2N5/c1-6(2)19-7(3)16-5-10(19)8-4-9(11(13)14)18-12(15)17-8/h4-6,11H,1-3H3,(H2,15,17,18). The van der Waals surface area contributed by atoms with Gasteiger partial charge in [-0.05, 0) is 26.8 Å². The van der Waals surface area contributed by atoms with Gasteiger partial charge in [-0.15, -0.1) is 0 Å². The van der Waals surface area contributed by atoms with Gasteiger partial charge in [0.25, 0.3) is 6.43 Å². The molecule has 0 aliphatic heterocycles. The molecule has 0 atom stereocenters. The summed E-state index contributed by atoms with van der Waals surface area (Å²) in [4.78, 5) is 11.7. The Morgan fingerprint density at radius 1 is 1.26 bits per heavy atom. The number of alkyl halides is 2. The third-order valence-corrected chi connectivity index (χ3v) is 2.75. The van der Waals surface area contributed by atoms with Gasteiger partial charge >= 0.3 is 0 Å². The fraction of sp³-hybridized carbons (Fsp3) is 0.417. The molecule has 0 unspecified atom stereocenters. The Balaban J connectivity index is 2.59. The van der Waals surface area contributed by atoms with Gasteiger partial charge in [-0.3, -0.25) is 0 Å². The highest BCUT2D eigenvalue weighted by Crippen LogP contribution is 2.26. The number of nitrogen functional groups attached to an aromatic ring is 1. The first-order valence-corrected chi connectivity index (χ1v) is 5.87. The molecule has 102 valence electrons. The van der Waals surface area contributed by atoms with Gasteiger partial charge in [-0.1, -0.05) is 0 Å². The number of aromatic nitrogens is 4. The van der Waals surface area contributed by atoms with Gasteiger partial charge in [0.2, 0.25) is 5.95 Å². The van der Waals surface area contributed by atoms with E-state index < -0.39 is 6.43 Å². The summed E-state index contributed by atoms with van der Waals surface area (Å²) in [7, 11) is 0. The maximum atomic E-state index is 12.7. The van der Waals surface area contributed by atoms with Crippen molar-refractivity contribution in [2.75, 3.05) is 5.73 Å². The second-order valence-corrected chi connectivity index (χ2v) is 4.49. The minimum absolute atomic E-state index is 0.142. The minimum atomic E-state index is -2.68. The van der Waals surface area contributed by atoms with Crippen molar-refractivity contribution in [1.82, 2.24) is 19.5 Å². The first kappa shape index (κ1) is 13.4. The summed E-state index contributed by atoms with van der Waals surface area (Å²) in [6.45, 7) is 5.82. The van der Waals surface area contributed by atoms with Gasteiger partial charge in [-0.25, -0.2) is 23.7 Å². The summed E-state index contributed by atoms with van der Waals surface area (Å²) in [5.41, 5.74) is 6.12. The zero-order chi connectivity index (χ0) is 14.2. The van der Waals surface area contributed by atoms with E-state index in [1.165, 1.54) is 6.07 Å². The summed E-state index contributed by atoms with van der Waals surface area (Å²) in [6, 6.07) is 1.39. The normalized spacial score (nSPS) is 11.5. The molecule has 2 heterocycles. The van der Waals surface area contributed by atoms with E-state index in [2.05, 4.69) is 15.0 Å². The first-order chi connectivity index (χ1) is 8.90. The van der Waals surface area contributed by atoms with Crippen LogP contribution in [0.3, 0.4) is 0 Å². The van der Waals surface area contributed by atoms with Crippen molar-refractivity contribution in [3.05, 3.63) is 23.8 Å². The van der Waals surface area contributed by atoms with E-state index in [4.69, 9.17) is 5.73 Å². The maximum Gasteiger partial charge on any atom is 0.280 e. The Morgan fingerprint density at radius 3 is 2.53 bits per heavy atom. The Hall–Kier alpha value is -2.05. The van der Waals surface area contributed by atoms with Crippen molar-refractivity contribution >= 4 is 5.95 Å². The highest BCUT2D eigenvalue weighted by atomic mass is 19.3. The molecule has 0 amide bonds. The molecule has 0 aliphatic rings. The van der Waals surface area contributed by atoms with E-state index >= 15 is 0 Å². The molecule has 7 heteroatoms. The van der Waals surface area contributed by atoms with Crippen LogP contribution < -0.4 is 5.73 Å². The molecule has 2 rings (SSSR count). The molecule has 19 heavy (non-hydrogen) atoms. The maximum absolute atomic E-state index is 12.7. The molecule has 0 saturated heterocycles. The molecule has 0 fully saturated rings. The van der Waals surface area contributed by atoms with Gasteiger partial charge in [0.1, 0.15) is 11.5 Å². The Labute approximate surface area is 109 Å². The number of rotatable bonds is 3. The average molecular weight is 267 g/mol.